The van der Waals surface area contributed by atoms with Crippen LogP contribution < -0.4 is 0 Å². The first kappa shape index (κ1) is 20.3. The Morgan fingerprint density at radius 3 is 2.04 bits per heavy atom. The maximum Gasteiger partial charge on any atom is 0.312 e. The number of rotatable bonds is 4. The Balaban J connectivity index is 1.43. The van der Waals surface area contributed by atoms with Crippen molar-refractivity contribution in [1.82, 2.24) is 14.7 Å². The SMILES string of the molecule is CCOC(=O)C1CCN(C(=O)C(=O)N2CCN(Cc3ccccc3)CC2)CC1. The van der Waals surface area contributed by atoms with Crippen molar-refractivity contribution in [3.63, 3.8) is 0 Å². The Bertz CT molecular complexity index is 678. The third-order valence-electron chi connectivity index (χ3n) is 5.49. The number of carbonyl (C=O) groups excluding carboxylic acids is 3. The second-order valence-electron chi connectivity index (χ2n) is 7.37. The summed E-state index contributed by atoms with van der Waals surface area (Å²) in [6.45, 7) is 6.54. The number of benzene rings is 1. The summed E-state index contributed by atoms with van der Waals surface area (Å²) in [6, 6.07) is 10.3. The third-order valence-corrected chi connectivity index (χ3v) is 5.49. The number of nitrogens with zero attached hydrogens (tertiary/aromatic N) is 3. The topological polar surface area (TPSA) is 70.2 Å². The second kappa shape index (κ2) is 9.68. The zero-order valence-electron chi connectivity index (χ0n) is 16.5. The molecule has 0 aliphatic carbocycles. The van der Waals surface area contributed by atoms with Crippen LogP contribution in [0.15, 0.2) is 30.3 Å². The number of ether oxygens (including phenoxy) is 1. The van der Waals surface area contributed by atoms with Gasteiger partial charge in [-0.1, -0.05) is 30.3 Å². The Kier molecular flexibility index (Phi) is 7.03. The quantitative estimate of drug-likeness (QED) is 0.572. The molecule has 2 amide bonds. The summed E-state index contributed by atoms with van der Waals surface area (Å²) >= 11 is 0. The molecule has 0 radical (unpaired) electrons. The van der Waals surface area contributed by atoms with Gasteiger partial charge in [0, 0.05) is 45.8 Å². The Morgan fingerprint density at radius 2 is 1.46 bits per heavy atom. The van der Waals surface area contributed by atoms with Gasteiger partial charge in [-0.3, -0.25) is 19.3 Å². The van der Waals surface area contributed by atoms with E-state index < -0.39 is 11.8 Å². The largest absolute Gasteiger partial charge is 0.466 e. The van der Waals surface area contributed by atoms with E-state index in [1.54, 1.807) is 16.7 Å². The van der Waals surface area contributed by atoms with Crippen LogP contribution in [-0.2, 0) is 25.7 Å². The molecular formula is C21H29N3O4. The van der Waals surface area contributed by atoms with Crippen molar-refractivity contribution in [2.75, 3.05) is 45.9 Å². The van der Waals surface area contributed by atoms with E-state index in [4.69, 9.17) is 4.74 Å². The summed E-state index contributed by atoms with van der Waals surface area (Å²) in [5.41, 5.74) is 1.25. The molecule has 0 N–H and O–H groups in total. The number of amides is 2. The van der Waals surface area contributed by atoms with Crippen LogP contribution >= 0.6 is 0 Å². The normalized spacial score (nSPS) is 18.8. The van der Waals surface area contributed by atoms with Crippen LogP contribution in [0.5, 0.6) is 0 Å². The number of esters is 1. The average Bonchev–Trinajstić information content (AvgIpc) is 2.74. The van der Waals surface area contributed by atoms with Gasteiger partial charge < -0.3 is 14.5 Å². The minimum atomic E-state index is -0.446. The van der Waals surface area contributed by atoms with E-state index in [1.165, 1.54) is 5.56 Å². The lowest BCUT2D eigenvalue weighted by atomic mass is 9.97. The predicted octanol–water partition coefficient (Wildman–Crippen LogP) is 1.13. The summed E-state index contributed by atoms with van der Waals surface area (Å²) in [5.74, 6) is -1.23. The van der Waals surface area contributed by atoms with Crippen LogP contribution in [0, 0.1) is 5.92 Å². The summed E-state index contributed by atoms with van der Waals surface area (Å²) in [4.78, 5) is 42.5. The molecule has 28 heavy (non-hydrogen) atoms. The van der Waals surface area contributed by atoms with Crippen LogP contribution in [0.1, 0.15) is 25.3 Å². The van der Waals surface area contributed by atoms with Crippen molar-refractivity contribution in [2.45, 2.75) is 26.3 Å². The molecule has 0 atom stereocenters. The Labute approximate surface area is 166 Å². The van der Waals surface area contributed by atoms with Crippen LogP contribution in [0.2, 0.25) is 0 Å². The predicted molar refractivity (Wildman–Crippen MR) is 104 cm³/mol. The van der Waals surface area contributed by atoms with E-state index in [0.717, 1.165) is 19.6 Å². The molecule has 0 saturated carbocycles. The Morgan fingerprint density at radius 1 is 0.893 bits per heavy atom. The second-order valence-corrected chi connectivity index (χ2v) is 7.37. The molecule has 2 aliphatic heterocycles. The van der Waals surface area contributed by atoms with Crippen LogP contribution in [0.3, 0.4) is 0 Å². The van der Waals surface area contributed by atoms with Gasteiger partial charge in [-0.25, -0.2) is 0 Å². The fourth-order valence-corrected chi connectivity index (χ4v) is 3.80. The molecule has 2 saturated heterocycles. The van der Waals surface area contributed by atoms with E-state index in [9.17, 15) is 14.4 Å². The van der Waals surface area contributed by atoms with Gasteiger partial charge in [-0.15, -0.1) is 0 Å². The molecule has 7 heteroatoms. The van der Waals surface area contributed by atoms with Gasteiger partial charge in [0.1, 0.15) is 0 Å². The zero-order valence-corrected chi connectivity index (χ0v) is 16.5. The molecule has 2 aliphatic rings. The van der Waals surface area contributed by atoms with E-state index in [1.807, 2.05) is 18.2 Å². The highest BCUT2D eigenvalue weighted by Crippen LogP contribution is 2.19. The van der Waals surface area contributed by atoms with Crippen molar-refractivity contribution in [3.05, 3.63) is 35.9 Å². The average molecular weight is 387 g/mol. The number of hydrogen-bond acceptors (Lipinski definition) is 5. The highest BCUT2D eigenvalue weighted by atomic mass is 16.5. The summed E-state index contributed by atoms with van der Waals surface area (Å²) in [6.07, 6.45) is 1.12. The van der Waals surface area contributed by atoms with E-state index in [-0.39, 0.29) is 11.9 Å². The molecule has 0 bridgehead atoms. The highest BCUT2D eigenvalue weighted by molar-refractivity contribution is 6.34. The molecule has 7 nitrogen and oxygen atoms in total. The van der Waals surface area contributed by atoms with E-state index in [0.29, 0.717) is 45.6 Å². The zero-order chi connectivity index (χ0) is 19.9. The van der Waals surface area contributed by atoms with E-state index >= 15 is 0 Å². The van der Waals surface area contributed by atoms with Crippen molar-refractivity contribution in [1.29, 1.82) is 0 Å². The van der Waals surface area contributed by atoms with Gasteiger partial charge >= 0.3 is 17.8 Å². The molecule has 1 aromatic carbocycles. The van der Waals surface area contributed by atoms with Crippen molar-refractivity contribution in [3.8, 4) is 0 Å². The maximum absolute atomic E-state index is 12.6. The molecule has 0 aromatic heterocycles. The maximum atomic E-state index is 12.6. The fourth-order valence-electron chi connectivity index (χ4n) is 3.80. The minimum absolute atomic E-state index is 0.166. The smallest absolute Gasteiger partial charge is 0.312 e. The highest BCUT2D eigenvalue weighted by Gasteiger charge is 2.33. The molecule has 152 valence electrons. The summed E-state index contributed by atoms with van der Waals surface area (Å²) < 4.78 is 5.05. The van der Waals surface area contributed by atoms with Gasteiger partial charge in [0.15, 0.2) is 0 Å². The number of carbonyl (C=O) groups is 3. The van der Waals surface area contributed by atoms with Crippen molar-refractivity contribution < 1.29 is 19.1 Å². The van der Waals surface area contributed by atoms with Gasteiger partial charge in [0.25, 0.3) is 0 Å². The third kappa shape index (κ3) is 5.10. The van der Waals surface area contributed by atoms with Gasteiger partial charge in [0.05, 0.1) is 12.5 Å². The Hall–Kier alpha value is -2.41. The van der Waals surface area contributed by atoms with E-state index in [2.05, 4.69) is 17.0 Å². The number of hydrogen-bond donors (Lipinski definition) is 0. The number of piperidine rings is 1. The molecule has 0 spiro atoms. The first-order chi connectivity index (χ1) is 13.6. The van der Waals surface area contributed by atoms with Crippen molar-refractivity contribution in [2.24, 2.45) is 5.92 Å². The summed E-state index contributed by atoms with van der Waals surface area (Å²) in [7, 11) is 0. The molecule has 2 fully saturated rings. The number of likely N-dealkylation sites (tertiary alicyclic amines) is 1. The monoisotopic (exact) mass is 387 g/mol. The lowest BCUT2D eigenvalue weighted by Gasteiger charge is -2.36. The lowest BCUT2D eigenvalue weighted by molar-refractivity contribution is -0.156. The van der Waals surface area contributed by atoms with Gasteiger partial charge in [-0.2, -0.15) is 0 Å². The first-order valence-corrected chi connectivity index (χ1v) is 10.1. The minimum Gasteiger partial charge on any atom is -0.466 e. The number of piperazine rings is 1. The van der Waals surface area contributed by atoms with Crippen LogP contribution in [0.4, 0.5) is 0 Å². The van der Waals surface area contributed by atoms with Crippen molar-refractivity contribution >= 4 is 17.8 Å². The molecule has 1 aromatic rings. The first-order valence-electron chi connectivity index (χ1n) is 10.1. The summed E-state index contributed by atoms with van der Waals surface area (Å²) in [5, 5.41) is 0. The lowest BCUT2D eigenvalue weighted by Crippen LogP contribution is -2.54. The van der Waals surface area contributed by atoms with Gasteiger partial charge in [-0.05, 0) is 25.3 Å². The molecule has 0 unspecified atom stereocenters. The van der Waals surface area contributed by atoms with Crippen LogP contribution in [0.25, 0.3) is 0 Å². The molecule has 2 heterocycles. The molecule has 3 rings (SSSR count). The van der Waals surface area contributed by atoms with Gasteiger partial charge in [0.2, 0.25) is 0 Å². The molecular weight excluding hydrogens is 358 g/mol. The fraction of sp³-hybridized carbons (Fsp3) is 0.571. The van der Waals surface area contributed by atoms with Crippen LogP contribution in [-0.4, -0.2) is 78.4 Å². The standard InChI is InChI=1S/C21H29N3O4/c1-2-28-21(27)18-8-10-23(11-9-18)19(25)20(26)24-14-12-22(13-15-24)16-17-6-4-3-5-7-17/h3-7,18H,2,8-16H2,1H3.